The first kappa shape index (κ1) is 14.0. The van der Waals surface area contributed by atoms with Gasteiger partial charge in [0.15, 0.2) is 0 Å². The van der Waals surface area contributed by atoms with Gasteiger partial charge in [0.1, 0.15) is 4.75 Å². The van der Waals surface area contributed by atoms with E-state index in [9.17, 15) is 4.55 Å². The van der Waals surface area contributed by atoms with Crippen LogP contribution in [0.15, 0.2) is 22.8 Å². The van der Waals surface area contributed by atoms with Crippen molar-refractivity contribution in [3.05, 3.63) is 28.5 Å². The molecule has 0 radical (unpaired) electrons. The van der Waals surface area contributed by atoms with Gasteiger partial charge < -0.3 is 4.55 Å². The normalized spacial score (nSPS) is 15.9. The van der Waals surface area contributed by atoms with Crippen molar-refractivity contribution < 1.29 is 4.55 Å². The van der Waals surface area contributed by atoms with Crippen LogP contribution >= 0.6 is 15.9 Å². The lowest BCUT2D eigenvalue weighted by atomic mass is 10.2. The van der Waals surface area contributed by atoms with Gasteiger partial charge >= 0.3 is 0 Å². The van der Waals surface area contributed by atoms with Crippen LogP contribution in [0.3, 0.4) is 0 Å². The van der Waals surface area contributed by atoms with Crippen molar-refractivity contribution >= 4 is 27.3 Å². The Labute approximate surface area is 108 Å². The molecule has 0 saturated carbocycles. The molecule has 0 aliphatic rings. The van der Waals surface area contributed by atoms with E-state index in [0.717, 1.165) is 10.2 Å². The summed E-state index contributed by atoms with van der Waals surface area (Å²) in [4.78, 5) is 4.27. The fourth-order valence-corrected chi connectivity index (χ4v) is 2.07. The SMILES string of the molecule is C[C@@H](N[S@+]([O-])C(C)(C)C)c1ccc(Br)cn1. The molecule has 0 unspecified atom stereocenters. The second-order valence-electron chi connectivity index (χ2n) is 4.62. The number of aromatic nitrogens is 1. The highest BCUT2D eigenvalue weighted by Crippen LogP contribution is 2.19. The molecule has 16 heavy (non-hydrogen) atoms. The van der Waals surface area contributed by atoms with Gasteiger partial charge in [-0.2, -0.15) is 0 Å². The van der Waals surface area contributed by atoms with E-state index in [2.05, 4.69) is 25.6 Å². The molecule has 1 heterocycles. The molecule has 0 aliphatic heterocycles. The van der Waals surface area contributed by atoms with Gasteiger partial charge in [0.05, 0.1) is 11.7 Å². The molecule has 0 spiro atoms. The Morgan fingerprint density at radius 2 is 2.06 bits per heavy atom. The molecule has 2 atom stereocenters. The van der Waals surface area contributed by atoms with Crippen LogP contribution in [0.1, 0.15) is 39.4 Å². The van der Waals surface area contributed by atoms with E-state index >= 15 is 0 Å². The second kappa shape index (κ2) is 5.49. The molecule has 0 aliphatic carbocycles. The molecular formula is C11H17BrN2OS. The molecule has 3 nitrogen and oxygen atoms in total. The maximum absolute atomic E-state index is 11.9. The summed E-state index contributed by atoms with van der Waals surface area (Å²) in [5.74, 6) is 0. The van der Waals surface area contributed by atoms with Gasteiger partial charge in [0, 0.05) is 22.0 Å². The molecular weight excluding hydrogens is 288 g/mol. The average molecular weight is 305 g/mol. The zero-order chi connectivity index (χ0) is 12.3. The third kappa shape index (κ3) is 4.05. The standard InChI is InChI=1S/C11H17BrN2OS/c1-8(14-16(15)11(2,3)4)10-6-5-9(12)7-13-10/h5-8,14H,1-4H3/t8-,16-/m1/s1. The second-order valence-corrected chi connectivity index (χ2v) is 7.54. The molecule has 90 valence electrons. The Morgan fingerprint density at radius 1 is 1.44 bits per heavy atom. The number of halogens is 1. The van der Waals surface area contributed by atoms with Crippen molar-refractivity contribution in [1.29, 1.82) is 0 Å². The van der Waals surface area contributed by atoms with Crippen LogP contribution in [0.5, 0.6) is 0 Å². The van der Waals surface area contributed by atoms with Gasteiger partial charge in [-0.3, -0.25) is 4.98 Å². The maximum atomic E-state index is 11.9. The highest BCUT2D eigenvalue weighted by atomic mass is 79.9. The van der Waals surface area contributed by atoms with Crippen molar-refractivity contribution in [1.82, 2.24) is 9.71 Å². The Morgan fingerprint density at radius 3 is 2.50 bits per heavy atom. The predicted octanol–water partition coefficient (Wildman–Crippen LogP) is 2.96. The average Bonchev–Trinajstić information content (AvgIpc) is 2.17. The molecule has 0 aromatic carbocycles. The van der Waals surface area contributed by atoms with E-state index in [1.54, 1.807) is 6.20 Å². The summed E-state index contributed by atoms with van der Waals surface area (Å²) in [5, 5.41) is 0. The Balaban J connectivity index is 2.65. The summed E-state index contributed by atoms with van der Waals surface area (Å²) in [6, 6.07) is 3.83. The van der Waals surface area contributed by atoms with Crippen molar-refractivity contribution in [2.45, 2.75) is 38.5 Å². The fourth-order valence-electron chi connectivity index (χ4n) is 1.04. The van der Waals surface area contributed by atoms with Crippen molar-refractivity contribution in [3.63, 3.8) is 0 Å². The minimum Gasteiger partial charge on any atom is -0.598 e. The Hall–Kier alpha value is -0.100. The molecule has 1 rings (SSSR count). The Bertz CT molecular complexity index is 337. The molecule has 1 aromatic heterocycles. The van der Waals surface area contributed by atoms with Gasteiger partial charge in [-0.1, -0.05) is 0 Å². The summed E-state index contributed by atoms with van der Waals surface area (Å²) in [7, 11) is 0. The summed E-state index contributed by atoms with van der Waals surface area (Å²) < 4.78 is 15.6. The minimum atomic E-state index is -1.07. The lowest BCUT2D eigenvalue weighted by Crippen LogP contribution is -2.40. The summed E-state index contributed by atoms with van der Waals surface area (Å²) in [5.41, 5.74) is 0.890. The molecule has 0 amide bonds. The number of hydrogen-bond donors (Lipinski definition) is 1. The zero-order valence-electron chi connectivity index (χ0n) is 9.95. The smallest absolute Gasteiger partial charge is 0.136 e. The summed E-state index contributed by atoms with van der Waals surface area (Å²) in [6.45, 7) is 7.79. The van der Waals surface area contributed by atoms with Crippen LogP contribution in [0.4, 0.5) is 0 Å². The quantitative estimate of drug-likeness (QED) is 0.873. The van der Waals surface area contributed by atoms with Crippen LogP contribution in [0, 0.1) is 0 Å². The van der Waals surface area contributed by atoms with E-state index in [1.165, 1.54) is 0 Å². The highest BCUT2D eigenvalue weighted by molar-refractivity contribution is 9.10. The largest absolute Gasteiger partial charge is 0.598 e. The third-order valence-corrected chi connectivity index (χ3v) is 4.18. The van der Waals surface area contributed by atoms with Crippen LogP contribution in [0.2, 0.25) is 0 Å². The van der Waals surface area contributed by atoms with Crippen LogP contribution in [-0.2, 0) is 11.4 Å². The minimum absolute atomic E-state index is 0.0202. The van der Waals surface area contributed by atoms with Crippen LogP contribution in [-0.4, -0.2) is 14.3 Å². The van der Waals surface area contributed by atoms with Crippen molar-refractivity contribution in [2.75, 3.05) is 0 Å². The van der Waals surface area contributed by atoms with Gasteiger partial charge in [-0.05, 0) is 55.8 Å². The predicted molar refractivity (Wildman–Crippen MR) is 71.4 cm³/mol. The molecule has 1 N–H and O–H groups in total. The zero-order valence-corrected chi connectivity index (χ0v) is 12.4. The van der Waals surface area contributed by atoms with Crippen LogP contribution in [0.25, 0.3) is 0 Å². The fraction of sp³-hybridized carbons (Fsp3) is 0.545. The first-order chi connectivity index (χ1) is 7.30. The Kier molecular flexibility index (Phi) is 4.79. The molecule has 0 saturated heterocycles. The third-order valence-electron chi connectivity index (χ3n) is 2.03. The van der Waals surface area contributed by atoms with Gasteiger partial charge in [0.25, 0.3) is 0 Å². The molecule has 5 heteroatoms. The number of nitrogens with one attached hydrogen (secondary N) is 1. The highest BCUT2D eigenvalue weighted by Gasteiger charge is 2.28. The van der Waals surface area contributed by atoms with E-state index < -0.39 is 11.4 Å². The summed E-state index contributed by atoms with van der Waals surface area (Å²) in [6.07, 6.45) is 1.74. The molecule has 1 aromatic rings. The van der Waals surface area contributed by atoms with Gasteiger partial charge in [-0.15, -0.1) is 4.72 Å². The lowest BCUT2D eigenvalue weighted by Gasteiger charge is -2.26. The molecule has 0 fully saturated rings. The van der Waals surface area contributed by atoms with E-state index in [4.69, 9.17) is 0 Å². The van der Waals surface area contributed by atoms with E-state index in [0.29, 0.717) is 0 Å². The molecule has 0 bridgehead atoms. The van der Waals surface area contributed by atoms with E-state index in [1.807, 2.05) is 39.8 Å². The van der Waals surface area contributed by atoms with Gasteiger partial charge in [-0.25, -0.2) is 0 Å². The number of rotatable bonds is 3. The summed E-state index contributed by atoms with van der Waals surface area (Å²) >= 11 is 2.26. The lowest BCUT2D eigenvalue weighted by molar-refractivity contribution is 0.529. The van der Waals surface area contributed by atoms with Gasteiger partial charge in [0.2, 0.25) is 0 Å². The van der Waals surface area contributed by atoms with Crippen LogP contribution < -0.4 is 4.72 Å². The first-order valence-electron chi connectivity index (χ1n) is 5.10. The number of pyridine rings is 1. The topological polar surface area (TPSA) is 48.0 Å². The maximum Gasteiger partial charge on any atom is 0.136 e. The van der Waals surface area contributed by atoms with Crippen molar-refractivity contribution in [2.24, 2.45) is 0 Å². The van der Waals surface area contributed by atoms with Crippen molar-refractivity contribution in [3.8, 4) is 0 Å². The van der Waals surface area contributed by atoms with E-state index in [-0.39, 0.29) is 10.8 Å². The first-order valence-corrected chi connectivity index (χ1v) is 7.04. The monoisotopic (exact) mass is 304 g/mol. The number of nitrogens with zero attached hydrogens (tertiary/aromatic N) is 1. The number of hydrogen-bond acceptors (Lipinski definition) is 3.